The van der Waals surface area contributed by atoms with Gasteiger partial charge in [-0.15, -0.1) is 0 Å². The standard InChI is InChI=1S/C16H13BrFN3/c17-15-9-13(18)4-1-12(15)10-19-14-5-2-11(3-6-14)16-7-8-20-21-16/h1-9,19H,10H2,(H,20,21). The molecule has 106 valence electrons. The normalized spacial score (nSPS) is 10.6. The number of hydrogen-bond donors (Lipinski definition) is 2. The molecule has 0 aliphatic rings. The van der Waals surface area contributed by atoms with Gasteiger partial charge in [0.2, 0.25) is 0 Å². The Balaban J connectivity index is 1.68. The molecule has 3 aromatic rings. The predicted octanol–water partition coefficient (Wildman–Crippen LogP) is 4.59. The van der Waals surface area contributed by atoms with Crippen molar-refractivity contribution in [3.63, 3.8) is 0 Å². The van der Waals surface area contributed by atoms with E-state index in [1.54, 1.807) is 12.3 Å². The minimum atomic E-state index is -0.241. The van der Waals surface area contributed by atoms with Crippen LogP contribution in [0.25, 0.3) is 11.3 Å². The van der Waals surface area contributed by atoms with Crippen LogP contribution < -0.4 is 5.32 Å². The average Bonchev–Trinajstić information content (AvgIpc) is 3.01. The summed E-state index contributed by atoms with van der Waals surface area (Å²) >= 11 is 3.37. The Morgan fingerprint density at radius 3 is 2.57 bits per heavy atom. The van der Waals surface area contributed by atoms with Crippen molar-refractivity contribution in [1.29, 1.82) is 0 Å². The highest BCUT2D eigenvalue weighted by Gasteiger charge is 2.02. The van der Waals surface area contributed by atoms with Crippen LogP contribution in [-0.4, -0.2) is 10.2 Å². The molecule has 5 heteroatoms. The molecule has 0 unspecified atom stereocenters. The topological polar surface area (TPSA) is 40.7 Å². The van der Waals surface area contributed by atoms with Crippen molar-refractivity contribution < 1.29 is 4.39 Å². The molecule has 21 heavy (non-hydrogen) atoms. The van der Waals surface area contributed by atoms with Crippen molar-refractivity contribution in [3.05, 3.63) is 70.6 Å². The fourth-order valence-corrected chi connectivity index (χ4v) is 2.54. The Kier molecular flexibility index (Phi) is 4.01. The molecule has 0 radical (unpaired) electrons. The summed E-state index contributed by atoms with van der Waals surface area (Å²) in [4.78, 5) is 0. The van der Waals surface area contributed by atoms with Gasteiger partial charge >= 0.3 is 0 Å². The first-order valence-corrected chi connectivity index (χ1v) is 7.29. The predicted molar refractivity (Wildman–Crippen MR) is 85.5 cm³/mol. The largest absolute Gasteiger partial charge is 0.381 e. The van der Waals surface area contributed by atoms with Crippen LogP contribution in [0.15, 0.2) is 59.2 Å². The number of anilines is 1. The van der Waals surface area contributed by atoms with Crippen LogP contribution in [0.3, 0.4) is 0 Å². The Bertz CT molecular complexity index is 724. The molecule has 2 aromatic carbocycles. The monoisotopic (exact) mass is 345 g/mol. The van der Waals surface area contributed by atoms with Gasteiger partial charge < -0.3 is 5.32 Å². The molecule has 0 spiro atoms. The van der Waals surface area contributed by atoms with E-state index in [1.165, 1.54) is 12.1 Å². The number of rotatable bonds is 4. The Labute approximate surface area is 130 Å². The number of nitrogens with zero attached hydrogens (tertiary/aromatic N) is 1. The number of benzene rings is 2. The molecule has 0 atom stereocenters. The van der Waals surface area contributed by atoms with Crippen LogP contribution in [0.1, 0.15) is 5.56 Å². The van der Waals surface area contributed by atoms with Crippen molar-refractivity contribution in [2.75, 3.05) is 5.32 Å². The summed E-state index contributed by atoms with van der Waals surface area (Å²) in [5.74, 6) is -0.241. The van der Waals surface area contributed by atoms with Crippen molar-refractivity contribution in [2.45, 2.75) is 6.54 Å². The molecular formula is C16H13BrFN3. The van der Waals surface area contributed by atoms with Gasteiger partial charge in [-0.05, 0) is 41.5 Å². The molecule has 3 rings (SSSR count). The zero-order chi connectivity index (χ0) is 14.7. The second-order valence-corrected chi connectivity index (χ2v) is 5.49. The summed E-state index contributed by atoms with van der Waals surface area (Å²) in [6, 6.07) is 14.7. The highest BCUT2D eigenvalue weighted by Crippen LogP contribution is 2.21. The van der Waals surface area contributed by atoms with Crippen LogP contribution in [-0.2, 0) is 6.54 Å². The van der Waals surface area contributed by atoms with E-state index in [4.69, 9.17) is 0 Å². The number of H-pyrrole nitrogens is 1. The molecule has 2 N–H and O–H groups in total. The fourth-order valence-electron chi connectivity index (χ4n) is 2.05. The maximum atomic E-state index is 13.0. The first kappa shape index (κ1) is 13.8. The molecule has 0 aliphatic carbocycles. The number of hydrogen-bond acceptors (Lipinski definition) is 2. The van der Waals surface area contributed by atoms with E-state index in [-0.39, 0.29) is 5.82 Å². The molecule has 0 aliphatic heterocycles. The molecule has 0 saturated heterocycles. The summed E-state index contributed by atoms with van der Waals surface area (Å²) in [6.45, 7) is 0.629. The highest BCUT2D eigenvalue weighted by molar-refractivity contribution is 9.10. The van der Waals surface area contributed by atoms with Gasteiger partial charge in [0.1, 0.15) is 5.82 Å². The van der Waals surface area contributed by atoms with Gasteiger partial charge in [-0.3, -0.25) is 5.10 Å². The van der Waals surface area contributed by atoms with E-state index >= 15 is 0 Å². The fraction of sp³-hybridized carbons (Fsp3) is 0.0625. The maximum absolute atomic E-state index is 13.0. The number of nitrogens with one attached hydrogen (secondary N) is 2. The third kappa shape index (κ3) is 3.31. The van der Waals surface area contributed by atoms with Crippen molar-refractivity contribution >= 4 is 21.6 Å². The van der Waals surface area contributed by atoms with E-state index in [0.29, 0.717) is 6.54 Å². The van der Waals surface area contributed by atoms with E-state index in [1.807, 2.05) is 30.3 Å². The molecule has 1 aromatic heterocycles. The lowest BCUT2D eigenvalue weighted by Gasteiger charge is -2.09. The van der Waals surface area contributed by atoms with Crippen LogP contribution in [0.5, 0.6) is 0 Å². The average molecular weight is 346 g/mol. The molecule has 0 saturated carbocycles. The summed E-state index contributed by atoms with van der Waals surface area (Å²) in [6.07, 6.45) is 1.73. The Hall–Kier alpha value is -2.14. The minimum absolute atomic E-state index is 0.241. The van der Waals surface area contributed by atoms with Crippen LogP contribution in [0, 0.1) is 5.82 Å². The molecule has 0 fully saturated rings. The molecule has 0 bridgehead atoms. The van der Waals surface area contributed by atoms with Gasteiger partial charge in [0.15, 0.2) is 0 Å². The maximum Gasteiger partial charge on any atom is 0.124 e. The van der Waals surface area contributed by atoms with E-state index in [9.17, 15) is 4.39 Å². The lowest BCUT2D eigenvalue weighted by Crippen LogP contribution is -2.00. The summed E-state index contributed by atoms with van der Waals surface area (Å²) in [5, 5.41) is 10.2. The highest BCUT2D eigenvalue weighted by atomic mass is 79.9. The van der Waals surface area contributed by atoms with E-state index in [0.717, 1.165) is 27.0 Å². The van der Waals surface area contributed by atoms with Gasteiger partial charge in [0.05, 0.1) is 5.69 Å². The Morgan fingerprint density at radius 2 is 1.90 bits per heavy atom. The van der Waals surface area contributed by atoms with Gasteiger partial charge in [-0.1, -0.05) is 34.1 Å². The molecule has 0 amide bonds. The number of aromatic nitrogens is 2. The van der Waals surface area contributed by atoms with E-state index < -0.39 is 0 Å². The quantitative estimate of drug-likeness (QED) is 0.725. The van der Waals surface area contributed by atoms with Crippen molar-refractivity contribution in [2.24, 2.45) is 0 Å². The SMILES string of the molecule is Fc1ccc(CNc2ccc(-c3ccn[nH]3)cc2)c(Br)c1. The number of halogens is 2. The van der Waals surface area contributed by atoms with Gasteiger partial charge in [0, 0.05) is 22.9 Å². The smallest absolute Gasteiger partial charge is 0.124 e. The van der Waals surface area contributed by atoms with Gasteiger partial charge in [-0.25, -0.2) is 4.39 Å². The second kappa shape index (κ2) is 6.10. The van der Waals surface area contributed by atoms with Crippen molar-refractivity contribution in [1.82, 2.24) is 10.2 Å². The Morgan fingerprint density at radius 1 is 1.10 bits per heavy atom. The lowest BCUT2D eigenvalue weighted by atomic mass is 10.1. The molecule has 3 nitrogen and oxygen atoms in total. The first-order valence-electron chi connectivity index (χ1n) is 6.50. The van der Waals surface area contributed by atoms with Gasteiger partial charge in [-0.2, -0.15) is 5.10 Å². The summed E-state index contributed by atoms with van der Waals surface area (Å²) < 4.78 is 13.8. The second-order valence-electron chi connectivity index (χ2n) is 4.64. The van der Waals surface area contributed by atoms with Crippen LogP contribution in [0.2, 0.25) is 0 Å². The van der Waals surface area contributed by atoms with Crippen LogP contribution >= 0.6 is 15.9 Å². The third-order valence-corrected chi connectivity index (χ3v) is 3.93. The number of aromatic amines is 1. The molecular weight excluding hydrogens is 333 g/mol. The minimum Gasteiger partial charge on any atom is -0.381 e. The lowest BCUT2D eigenvalue weighted by molar-refractivity contribution is 0.626. The van der Waals surface area contributed by atoms with E-state index in [2.05, 4.69) is 31.4 Å². The van der Waals surface area contributed by atoms with Crippen LogP contribution in [0.4, 0.5) is 10.1 Å². The summed E-state index contributed by atoms with van der Waals surface area (Å²) in [5.41, 5.74) is 4.09. The molecule has 1 heterocycles. The van der Waals surface area contributed by atoms with Crippen molar-refractivity contribution in [3.8, 4) is 11.3 Å². The third-order valence-electron chi connectivity index (χ3n) is 3.19. The summed E-state index contributed by atoms with van der Waals surface area (Å²) in [7, 11) is 0. The zero-order valence-corrected chi connectivity index (χ0v) is 12.7. The zero-order valence-electron chi connectivity index (χ0n) is 11.1. The first-order chi connectivity index (χ1) is 10.2. The van der Waals surface area contributed by atoms with Gasteiger partial charge in [0.25, 0.3) is 0 Å².